The van der Waals surface area contributed by atoms with Gasteiger partial charge in [-0.2, -0.15) is 5.26 Å². The average molecular weight is 332 g/mol. The van der Waals surface area contributed by atoms with E-state index in [0.29, 0.717) is 0 Å². The van der Waals surface area contributed by atoms with Crippen molar-refractivity contribution in [3.63, 3.8) is 0 Å². The van der Waals surface area contributed by atoms with Crippen LogP contribution >= 0.6 is 0 Å². The van der Waals surface area contributed by atoms with E-state index in [1.807, 2.05) is 67.6 Å². The SMILES string of the molecule is C[C@H](NC(=O)/C(C#N)=C/c1ccc(C(C)(C)C)cc1)c1ccccc1. The van der Waals surface area contributed by atoms with Crippen LogP contribution in [0.5, 0.6) is 0 Å². The summed E-state index contributed by atoms with van der Waals surface area (Å²) in [5.41, 5.74) is 3.23. The van der Waals surface area contributed by atoms with Gasteiger partial charge in [-0.1, -0.05) is 75.4 Å². The zero-order chi connectivity index (χ0) is 18.4. The first-order valence-electron chi connectivity index (χ1n) is 8.39. The number of nitriles is 1. The van der Waals surface area contributed by atoms with Gasteiger partial charge in [-0.3, -0.25) is 4.79 Å². The van der Waals surface area contributed by atoms with Crippen LogP contribution in [-0.2, 0) is 10.2 Å². The molecule has 1 amide bonds. The van der Waals surface area contributed by atoms with Crippen LogP contribution in [0.25, 0.3) is 6.08 Å². The van der Waals surface area contributed by atoms with Crippen LogP contribution in [0, 0.1) is 11.3 Å². The van der Waals surface area contributed by atoms with Crippen molar-refractivity contribution in [1.29, 1.82) is 5.26 Å². The van der Waals surface area contributed by atoms with Crippen LogP contribution in [0.4, 0.5) is 0 Å². The van der Waals surface area contributed by atoms with E-state index in [0.717, 1.165) is 11.1 Å². The molecule has 0 spiro atoms. The quantitative estimate of drug-likeness (QED) is 0.648. The van der Waals surface area contributed by atoms with Gasteiger partial charge in [0.05, 0.1) is 6.04 Å². The predicted octanol–water partition coefficient (Wildman–Crippen LogP) is 4.77. The fraction of sp³-hybridized carbons (Fsp3) is 0.273. The number of carbonyl (C=O) groups excluding carboxylic acids is 1. The molecule has 0 saturated heterocycles. The van der Waals surface area contributed by atoms with Crippen LogP contribution in [0.15, 0.2) is 60.2 Å². The van der Waals surface area contributed by atoms with E-state index < -0.39 is 0 Å². The van der Waals surface area contributed by atoms with Crippen LogP contribution < -0.4 is 5.32 Å². The Balaban J connectivity index is 2.14. The Labute approximate surface area is 150 Å². The summed E-state index contributed by atoms with van der Waals surface area (Å²) in [6.07, 6.45) is 1.62. The van der Waals surface area contributed by atoms with E-state index in [4.69, 9.17) is 0 Å². The first-order chi connectivity index (χ1) is 11.8. The summed E-state index contributed by atoms with van der Waals surface area (Å²) in [5.74, 6) is -0.362. The van der Waals surface area contributed by atoms with Gasteiger partial charge in [-0.15, -0.1) is 0 Å². The van der Waals surface area contributed by atoms with Gasteiger partial charge in [0.1, 0.15) is 11.6 Å². The normalized spacial score (nSPS) is 13.0. The Morgan fingerprint density at radius 2 is 1.68 bits per heavy atom. The molecule has 3 heteroatoms. The van der Waals surface area contributed by atoms with Gasteiger partial charge in [-0.25, -0.2) is 0 Å². The molecule has 3 nitrogen and oxygen atoms in total. The number of hydrogen-bond acceptors (Lipinski definition) is 2. The second-order valence-corrected chi connectivity index (χ2v) is 7.15. The maximum absolute atomic E-state index is 12.4. The highest BCUT2D eigenvalue weighted by molar-refractivity contribution is 6.01. The number of hydrogen-bond donors (Lipinski definition) is 1. The molecule has 0 radical (unpaired) electrons. The lowest BCUT2D eigenvalue weighted by atomic mass is 9.86. The fourth-order valence-corrected chi connectivity index (χ4v) is 2.49. The third-order valence-electron chi connectivity index (χ3n) is 4.10. The molecule has 0 bridgehead atoms. The highest BCUT2D eigenvalue weighted by Crippen LogP contribution is 2.23. The topological polar surface area (TPSA) is 52.9 Å². The highest BCUT2D eigenvalue weighted by atomic mass is 16.1. The monoisotopic (exact) mass is 332 g/mol. The van der Waals surface area contributed by atoms with Crippen LogP contribution in [0.3, 0.4) is 0 Å². The third-order valence-corrected chi connectivity index (χ3v) is 4.10. The van der Waals surface area contributed by atoms with Crippen LogP contribution in [0.2, 0.25) is 0 Å². The van der Waals surface area contributed by atoms with Gasteiger partial charge >= 0.3 is 0 Å². The fourth-order valence-electron chi connectivity index (χ4n) is 2.49. The Hall–Kier alpha value is -2.86. The van der Waals surface area contributed by atoms with Gasteiger partial charge in [0.2, 0.25) is 0 Å². The molecule has 0 aliphatic heterocycles. The molecule has 1 N–H and O–H groups in total. The number of nitrogens with one attached hydrogen (secondary N) is 1. The zero-order valence-corrected chi connectivity index (χ0v) is 15.2. The highest BCUT2D eigenvalue weighted by Gasteiger charge is 2.15. The zero-order valence-electron chi connectivity index (χ0n) is 15.2. The molecule has 2 aromatic carbocycles. The smallest absolute Gasteiger partial charge is 0.262 e. The largest absolute Gasteiger partial charge is 0.345 e. The molecule has 0 fully saturated rings. The van der Waals surface area contributed by atoms with Gasteiger partial charge in [0, 0.05) is 0 Å². The maximum atomic E-state index is 12.4. The van der Waals surface area contributed by atoms with E-state index in [9.17, 15) is 10.1 Å². The Bertz CT molecular complexity index is 791. The van der Waals surface area contributed by atoms with Crippen molar-refractivity contribution in [3.05, 3.63) is 76.9 Å². The first-order valence-corrected chi connectivity index (χ1v) is 8.39. The van der Waals surface area contributed by atoms with Crippen molar-refractivity contribution < 1.29 is 4.79 Å². The van der Waals surface area contributed by atoms with E-state index in [1.165, 1.54) is 5.56 Å². The van der Waals surface area contributed by atoms with Gasteiger partial charge in [-0.05, 0) is 35.1 Å². The minimum Gasteiger partial charge on any atom is -0.345 e. The Kier molecular flexibility index (Phi) is 5.77. The molecule has 2 rings (SSSR count). The summed E-state index contributed by atoms with van der Waals surface area (Å²) in [6.45, 7) is 8.35. The standard InChI is InChI=1S/C22H24N2O/c1-16(18-8-6-5-7-9-18)24-21(25)19(15-23)14-17-10-12-20(13-11-17)22(2,3)4/h5-14,16H,1-4H3,(H,24,25)/b19-14+/t16-/m0/s1. The number of rotatable bonds is 4. The van der Waals surface area contributed by atoms with Gasteiger partial charge < -0.3 is 5.32 Å². The molecular weight excluding hydrogens is 308 g/mol. The lowest BCUT2D eigenvalue weighted by Gasteiger charge is -2.18. The number of carbonyl (C=O) groups is 1. The van der Waals surface area contributed by atoms with E-state index in [2.05, 4.69) is 26.1 Å². The minimum atomic E-state index is -0.362. The second kappa shape index (κ2) is 7.81. The molecule has 0 unspecified atom stereocenters. The van der Waals surface area contributed by atoms with Gasteiger partial charge in [0.25, 0.3) is 5.91 Å². The lowest BCUT2D eigenvalue weighted by molar-refractivity contribution is -0.117. The van der Waals surface area contributed by atoms with E-state index >= 15 is 0 Å². The molecule has 25 heavy (non-hydrogen) atoms. The van der Waals surface area contributed by atoms with Crippen molar-refractivity contribution in [2.45, 2.75) is 39.2 Å². The molecule has 128 valence electrons. The average Bonchev–Trinajstić information content (AvgIpc) is 2.60. The van der Waals surface area contributed by atoms with Crippen molar-refractivity contribution in [3.8, 4) is 6.07 Å². The van der Waals surface area contributed by atoms with Gasteiger partial charge in [0.15, 0.2) is 0 Å². The molecule has 0 aliphatic carbocycles. The Morgan fingerprint density at radius 3 is 2.20 bits per heavy atom. The summed E-state index contributed by atoms with van der Waals surface area (Å²) in [4.78, 5) is 12.4. The minimum absolute atomic E-state index is 0.0722. The van der Waals surface area contributed by atoms with E-state index in [1.54, 1.807) is 6.08 Å². The van der Waals surface area contributed by atoms with Crippen molar-refractivity contribution >= 4 is 12.0 Å². The van der Waals surface area contributed by atoms with Crippen molar-refractivity contribution in [1.82, 2.24) is 5.32 Å². The molecular formula is C22H24N2O. The summed E-state index contributed by atoms with van der Waals surface area (Å²) in [6, 6.07) is 19.5. The number of nitrogens with zero attached hydrogens (tertiary/aromatic N) is 1. The van der Waals surface area contributed by atoms with Crippen molar-refractivity contribution in [2.75, 3.05) is 0 Å². The summed E-state index contributed by atoms with van der Waals surface area (Å²) in [5, 5.41) is 12.2. The molecule has 0 aliphatic rings. The molecule has 1 atom stereocenters. The van der Waals surface area contributed by atoms with Crippen LogP contribution in [-0.4, -0.2) is 5.91 Å². The maximum Gasteiger partial charge on any atom is 0.262 e. The van der Waals surface area contributed by atoms with Crippen molar-refractivity contribution in [2.24, 2.45) is 0 Å². The first kappa shape index (κ1) is 18.5. The predicted molar refractivity (Wildman–Crippen MR) is 102 cm³/mol. The molecule has 2 aromatic rings. The Morgan fingerprint density at radius 1 is 1.08 bits per heavy atom. The summed E-state index contributed by atoms with van der Waals surface area (Å²) >= 11 is 0. The number of benzene rings is 2. The van der Waals surface area contributed by atoms with Crippen LogP contribution in [0.1, 0.15) is 50.4 Å². The second-order valence-electron chi connectivity index (χ2n) is 7.15. The molecule has 0 aromatic heterocycles. The number of amides is 1. The summed E-state index contributed by atoms with van der Waals surface area (Å²) in [7, 11) is 0. The molecule has 0 saturated carbocycles. The lowest BCUT2D eigenvalue weighted by Crippen LogP contribution is -2.27. The van der Waals surface area contributed by atoms with E-state index in [-0.39, 0.29) is 22.9 Å². The summed E-state index contributed by atoms with van der Waals surface area (Å²) < 4.78 is 0. The molecule has 0 heterocycles. The third kappa shape index (κ3) is 5.06.